The van der Waals surface area contributed by atoms with Crippen LogP contribution in [0.4, 0.5) is 11.4 Å². The van der Waals surface area contributed by atoms with E-state index in [0.717, 1.165) is 0 Å². The van der Waals surface area contributed by atoms with Crippen molar-refractivity contribution in [1.82, 2.24) is 0 Å². The molecule has 2 aromatic rings. The van der Waals surface area contributed by atoms with Crippen LogP contribution < -0.4 is 19.7 Å². The highest BCUT2D eigenvalue weighted by Gasteiger charge is 2.27. The third-order valence-corrected chi connectivity index (χ3v) is 4.34. The molecule has 0 bridgehead atoms. The predicted octanol–water partition coefficient (Wildman–Crippen LogP) is 1.81. The number of anilines is 2. The van der Waals surface area contributed by atoms with Crippen LogP contribution in [0.1, 0.15) is 17.3 Å². The summed E-state index contributed by atoms with van der Waals surface area (Å²) in [5.74, 6) is -1.22. The molecule has 0 unspecified atom stereocenters. The second-order valence-corrected chi connectivity index (χ2v) is 6.42. The second-order valence-electron chi connectivity index (χ2n) is 6.42. The van der Waals surface area contributed by atoms with Gasteiger partial charge in [-0.2, -0.15) is 0 Å². The molecule has 0 saturated carbocycles. The summed E-state index contributed by atoms with van der Waals surface area (Å²) in [4.78, 5) is 48.9. The SMILES string of the molecule is COc1cc(C(C)=O)ccc1OCC(=O)OCC(=O)N1CC(=O)Nc2ccccc21. The van der Waals surface area contributed by atoms with Crippen molar-refractivity contribution in [2.75, 3.05) is 37.1 Å². The average Bonchev–Trinajstić information content (AvgIpc) is 2.75. The summed E-state index contributed by atoms with van der Waals surface area (Å²) in [5, 5.41) is 2.68. The fourth-order valence-electron chi connectivity index (χ4n) is 2.86. The van der Waals surface area contributed by atoms with Gasteiger partial charge in [-0.3, -0.25) is 19.3 Å². The Bertz CT molecular complexity index is 1000. The number of nitrogens with zero attached hydrogens (tertiary/aromatic N) is 1. The zero-order chi connectivity index (χ0) is 21.7. The molecule has 0 fully saturated rings. The number of carbonyl (C=O) groups excluding carboxylic acids is 4. The van der Waals surface area contributed by atoms with Crippen LogP contribution in [-0.4, -0.2) is 50.4 Å². The maximum Gasteiger partial charge on any atom is 0.344 e. The number of carbonyl (C=O) groups is 4. The number of fused-ring (bicyclic) bond motifs is 1. The van der Waals surface area contributed by atoms with E-state index < -0.39 is 25.1 Å². The van der Waals surface area contributed by atoms with Gasteiger partial charge in [0.1, 0.15) is 6.54 Å². The Balaban J connectivity index is 1.56. The molecule has 156 valence electrons. The quantitative estimate of drug-likeness (QED) is 0.545. The molecule has 1 aliphatic heterocycles. The molecule has 0 radical (unpaired) electrons. The van der Waals surface area contributed by atoms with Gasteiger partial charge in [0.2, 0.25) is 5.91 Å². The van der Waals surface area contributed by atoms with Crippen LogP contribution in [0.2, 0.25) is 0 Å². The number of esters is 1. The fraction of sp³-hybridized carbons (Fsp3) is 0.238. The van der Waals surface area contributed by atoms with E-state index in [0.29, 0.717) is 22.7 Å². The molecule has 3 rings (SSSR count). The summed E-state index contributed by atoms with van der Waals surface area (Å²) in [5.41, 5.74) is 1.49. The number of methoxy groups -OCH3 is 1. The van der Waals surface area contributed by atoms with E-state index in [1.54, 1.807) is 30.3 Å². The molecule has 30 heavy (non-hydrogen) atoms. The predicted molar refractivity (Wildman–Crippen MR) is 107 cm³/mol. The van der Waals surface area contributed by atoms with E-state index >= 15 is 0 Å². The fourth-order valence-corrected chi connectivity index (χ4v) is 2.86. The highest BCUT2D eigenvalue weighted by Crippen LogP contribution is 2.29. The minimum absolute atomic E-state index is 0.134. The van der Waals surface area contributed by atoms with Crippen molar-refractivity contribution in [3.8, 4) is 11.5 Å². The summed E-state index contributed by atoms with van der Waals surface area (Å²) in [6, 6.07) is 11.4. The number of hydrogen-bond acceptors (Lipinski definition) is 7. The van der Waals surface area contributed by atoms with Crippen LogP contribution >= 0.6 is 0 Å². The third kappa shape index (κ3) is 4.75. The summed E-state index contributed by atoms with van der Waals surface area (Å²) < 4.78 is 15.5. The molecule has 1 N–H and O–H groups in total. The zero-order valence-corrected chi connectivity index (χ0v) is 16.5. The molecule has 2 amide bonds. The number of rotatable bonds is 7. The zero-order valence-electron chi connectivity index (χ0n) is 16.5. The minimum Gasteiger partial charge on any atom is -0.493 e. The van der Waals surface area contributed by atoms with Gasteiger partial charge in [0.25, 0.3) is 5.91 Å². The average molecular weight is 412 g/mol. The molecule has 0 aliphatic carbocycles. The maximum atomic E-state index is 12.5. The van der Waals surface area contributed by atoms with Crippen molar-refractivity contribution < 1.29 is 33.4 Å². The number of benzene rings is 2. The highest BCUT2D eigenvalue weighted by molar-refractivity contribution is 6.10. The Morgan fingerprint density at radius 3 is 2.57 bits per heavy atom. The summed E-state index contributed by atoms with van der Waals surface area (Å²) in [7, 11) is 1.41. The molecular weight excluding hydrogens is 392 g/mol. The smallest absolute Gasteiger partial charge is 0.344 e. The Kier molecular flexibility index (Phi) is 6.31. The summed E-state index contributed by atoms with van der Waals surface area (Å²) in [6.45, 7) is 0.266. The molecule has 0 saturated heterocycles. The molecule has 0 spiro atoms. The van der Waals surface area contributed by atoms with Crippen LogP contribution in [0.3, 0.4) is 0 Å². The molecule has 1 aliphatic rings. The number of amides is 2. The molecular formula is C21H20N2O7. The lowest BCUT2D eigenvalue weighted by Crippen LogP contribution is -2.44. The largest absolute Gasteiger partial charge is 0.493 e. The van der Waals surface area contributed by atoms with Gasteiger partial charge < -0.3 is 19.5 Å². The number of hydrogen-bond donors (Lipinski definition) is 1. The summed E-state index contributed by atoms with van der Waals surface area (Å²) >= 11 is 0. The lowest BCUT2D eigenvalue weighted by molar-refractivity contribution is -0.149. The Morgan fingerprint density at radius 2 is 1.83 bits per heavy atom. The van der Waals surface area contributed by atoms with Crippen LogP contribution in [0.15, 0.2) is 42.5 Å². The standard InChI is InChI=1S/C21H20N2O7/c1-13(24)14-7-8-17(18(9-14)28-2)29-12-21(27)30-11-20(26)23-10-19(25)22-15-5-3-4-6-16(15)23/h3-9H,10-12H2,1-2H3,(H,22,25). The molecule has 9 heteroatoms. The normalized spacial score (nSPS) is 12.5. The van der Waals surface area contributed by atoms with Gasteiger partial charge in [0.15, 0.2) is 30.5 Å². The maximum absolute atomic E-state index is 12.5. The Hall–Kier alpha value is -3.88. The first-order valence-corrected chi connectivity index (χ1v) is 9.05. The first-order chi connectivity index (χ1) is 14.4. The number of Topliss-reactive ketones (excluding diaryl/α,β-unsaturated/α-hetero) is 1. The molecule has 0 aromatic heterocycles. The molecule has 9 nitrogen and oxygen atoms in total. The van der Waals surface area contributed by atoms with Crippen LogP contribution in [0.5, 0.6) is 11.5 Å². The second kappa shape index (κ2) is 9.08. The van der Waals surface area contributed by atoms with Gasteiger partial charge in [-0.1, -0.05) is 12.1 Å². The van der Waals surface area contributed by atoms with Crippen molar-refractivity contribution in [2.45, 2.75) is 6.92 Å². The van der Waals surface area contributed by atoms with Crippen molar-refractivity contribution in [3.05, 3.63) is 48.0 Å². The van der Waals surface area contributed by atoms with Gasteiger partial charge in [-0.05, 0) is 37.3 Å². The van der Waals surface area contributed by atoms with Crippen LogP contribution in [-0.2, 0) is 19.1 Å². The number of ether oxygens (including phenoxy) is 3. The first kappa shape index (κ1) is 20.8. The monoisotopic (exact) mass is 412 g/mol. The van der Waals surface area contributed by atoms with Crippen molar-refractivity contribution in [3.63, 3.8) is 0 Å². The van der Waals surface area contributed by atoms with E-state index in [2.05, 4.69) is 5.32 Å². The first-order valence-electron chi connectivity index (χ1n) is 9.05. The van der Waals surface area contributed by atoms with E-state index in [1.807, 2.05) is 0 Å². The van der Waals surface area contributed by atoms with Crippen molar-refractivity contribution in [1.29, 1.82) is 0 Å². The van der Waals surface area contributed by atoms with Crippen molar-refractivity contribution >= 4 is 34.9 Å². The van der Waals surface area contributed by atoms with Crippen LogP contribution in [0, 0.1) is 0 Å². The van der Waals surface area contributed by atoms with Gasteiger partial charge in [0.05, 0.1) is 18.5 Å². The van der Waals surface area contributed by atoms with E-state index in [9.17, 15) is 19.2 Å². The topological polar surface area (TPSA) is 111 Å². The number of nitrogens with one attached hydrogen (secondary N) is 1. The molecule has 0 atom stereocenters. The van der Waals surface area contributed by atoms with Crippen molar-refractivity contribution in [2.24, 2.45) is 0 Å². The minimum atomic E-state index is -0.768. The Morgan fingerprint density at radius 1 is 1.07 bits per heavy atom. The molecule has 2 aromatic carbocycles. The van der Waals surface area contributed by atoms with Gasteiger partial charge in [0, 0.05) is 5.56 Å². The van der Waals surface area contributed by atoms with Crippen LogP contribution in [0.25, 0.3) is 0 Å². The lowest BCUT2D eigenvalue weighted by Gasteiger charge is -2.28. The van der Waals surface area contributed by atoms with E-state index in [1.165, 1.54) is 31.1 Å². The van der Waals surface area contributed by atoms with Gasteiger partial charge in [-0.15, -0.1) is 0 Å². The number of para-hydroxylation sites is 2. The van der Waals surface area contributed by atoms with Gasteiger partial charge >= 0.3 is 5.97 Å². The Labute approximate surface area is 172 Å². The van der Waals surface area contributed by atoms with E-state index in [-0.39, 0.29) is 24.0 Å². The number of ketones is 1. The van der Waals surface area contributed by atoms with Gasteiger partial charge in [-0.25, -0.2) is 4.79 Å². The third-order valence-electron chi connectivity index (χ3n) is 4.34. The summed E-state index contributed by atoms with van der Waals surface area (Å²) in [6.07, 6.45) is 0. The van der Waals surface area contributed by atoms with E-state index in [4.69, 9.17) is 14.2 Å². The highest BCUT2D eigenvalue weighted by atomic mass is 16.6. The lowest BCUT2D eigenvalue weighted by atomic mass is 10.1. The molecule has 1 heterocycles.